The number of rotatable bonds is 5. The van der Waals surface area contributed by atoms with Crippen LogP contribution >= 0.6 is 0 Å². The van der Waals surface area contributed by atoms with Crippen LogP contribution in [0.25, 0.3) is 0 Å². The zero-order valence-corrected chi connectivity index (χ0v) is 12.8. The van der Waals surface area contributed by atoms with Gasteiger partial charge in [0.05, 0.1) is 19.3 Å². The minimum Gasteiger partial charge on any atom is -0.460 e. The summed E-state index contributed by atoms with van der Waals surface area (Å²) < 4.78 is 16.2. The highest BCUT2D eigenvalue weighted by Gasteiger charge is 2.58. The molecule has 0 aromatic carbocycles. The monoisotopic (exact) mass is 293 g/mol. The lowest BCUT2D eigenvalue weighted by molar-refractivity contribution is -0.113. The first kappa shape index (κ1) is 14.6. The molecule has 1 aliphatic carbocycles. The van der Waals surface area contributed by atoms with Gasteiger partial charge in [-0.25, -0.2) is 4.79 Å². The molecule has 116 valence electrons. The fourth-order valence-electron chi connectivity index (χ4n) is 3.73. The number of esters is 1. The number of carbonyl (C=O) groups excluding carboxylic acids is 1. The number of carbonyl (C=O) groups is 1. The average molecular weight is 293 g/mol. The Hall–Kier alpha value is -1.33. The van der Waals surface area contributed by atoms with E-state index in [1.807, 2.05) is 6.07 Å². The van der Waals surface area contributed by atoms with Gasteiger partial charge >= 0.3 is 5.97 Å². The van der Waals surface area contributed by atoms with Gasteiger partial charge in [0.1, 0.15) is 5.76 Å². The van der Waals surface area contributed by atoms with Crippen LogP contribution in [0.5, 0.6) is 0 Å². The largest absolute Gasteiger partial charge is 0.460 e. The SMILES string of the molecule is CCOC(=O)c1ccc(CNC2C3CCOC3C2(C)C)o1. The molecule has 3 rings (SSSR count). The molecule has 1 aromatic rings. The maximum absolute atomic E-state index is 11.6. The summed E-state index contributed by atoms with van der Waals surface area (Å²) >= 11 is 0. The predicted octanol–water partition coefficient (Wildman–Crippen LogP) is 2.36. The van der Waals surface area contributed by atoms with Gasteiger partial charge in [0.15, 0.2) is 0 Å². The Balaban J connectivity index is 1.57. The molecule has 0 spiro atoms. The van der Waals surface area contributed by atoms with Crippen molar-refractivity contribution in [1.29, 1.82) is 0 Å². The molecule has 5 nitrogen and oxygen atoms in total. The van der Waals surface area contributed by atoms with E-state index < -0.39 is 5.97 Å². The van der Waals surface area contributed by atoms with E-state index in [1.54, 1.807) is 13.0 Å². The highest BCUT2D eigenvalue weighted by Crippen LogP contribution is 2.52. The van der Waals surface area contributed by atoms with Crippen molar-refractivity contribution in [1.82, 2.24) is 5.32 Å². The van der Waals surface area contributed by atoms with E-state index in [9.17, 15) is 4.79 Å². The lowest BCUT2D eigenvalue weighted by Crippen LogP contribution is -2.65. The Bertz CT molecular complexity index is 522. The Morgan fingerprint density at radius 3 is 3.05 bits per heavy atom. The van der Waals surface area contributed by atoms with Crippen molar-refractivity contribution < 1.29 is 18.7 Å². The van der Waals surface area contributed by atoms with Crippen LogP contribution in [-0.4, -0.2) is 31.3 Å². The van der Waals surface area contributed by atoms with Crippen LogP contribution in [0.2, 0.25) is 0 Å². The highest BCUT2D eigenvalue weighted by atomic mass is 16.5. The third-order valence-corrected chi connectivity index (χ3v) is 4.73. The molecule has 5 heteroatoms. The molecule has 2 aliphatic rings. The first-order valence-corrected chi connectivity index (χ1v) is 7.65. The predicted molar refractivity (Wildman–Crippen MR) is 76.9 cm³/mol. The number of hydrogen-bond donors (Lipinski definition) is 1. The van der Waals surface area contributed by atoms with Crippen molar-refractivity contribution in [2.24, 2.45) is 11.3 Å². The van der Waals surface area contributed by atoms with E-state index in [4.69, 9.17) is 13.9 Å². The molecule has 1 aliphatic heterocycles. The quantitative estimate of drug-likeness (QED) is 0.844. The van der Waals surface area contributed by atoms with Gasteiger partial charge in [0.2, 0.25) is 5.76 Å². The Morgan fingerprint density at radius 2 is 2.29 bits per heavy atom. The van der Waals surface area contributed by atoms with Crippen molar-refractivity contribution in [3.8, 4) is 0 Å². The van der Waals surface area contributed by atoms with Crippen LogP contribution in [0.4, 0.5) is 0 Å². The minimum atomic E-state index is -0.406. The molecule has 3 atom stereocenters. The van der Waals surface area contributed by atoms with Gasteiger partial charge in [-0.1, -0.05) is 13.8 Å². The van der Waals surface area contributed by atoms with Crippen LogP contribution in [0, 0.1) is 11.3 Å². The molecule has 1 N–H and O–H groups in total. The van der Waals surface area contributed by atoms with Crippen molar-refractivity contribution in [3.63, 3.8) is 0 Å². The number of fused-ring (bicyclic) bond motifs is 1. The molecule has 1 aromatic heterocycles. The molecule has 1 saturated carbocycles. The van der Waals surface area contributed by atoms with Crippen molar-refractivity contribution in [2.75, 3.05) is 13.2 Å². The van der Waals surface area contributed by atoms with Crippen LogP contribution in [-0.2, 0) is 16.0 Å². The van der Waals surface area contributed by atoms with Crippen molar-refractivity contribution in [3.05, 3.63) is 23.7 Å². The Kier molecular flexibility index (Phi) is 3.80. The summed E-state index contributed by atoms with van der Waals surface area (Å²) in [5, 5.41) is 3.56. The summed E-state index contributed by atoms with van der Waals surface area (Å²) in [5.74, 6) is 1.22. The molecule has 2 fully saturated rings. The molecule has 1 saturated heterocycles. The van der Waals surface area contributed by atoms with E-state index >= 15 is 0 Å². The fourth-order valence-corrected chi connectivity index (χ4v) is 3.73. The van der Waals surface area contributed by atoms with Crippen molar-refractivity contribution in [2.45, 2.75) is 45.9 Å². The van der Waals surface area contributed by atoms with E-state index in [1.165, 1.54) is 0 Å². The normalized spacial score (nSPS) is 29.8. The first-order valence-electron chi connectivity index (χ1n) is 7.65. The second-order valence-electron chi connectivity index (χ2n) is 6.41. The van der Waals surface area contributed by atoms with Crippen LogP contribution in [0.3, 0.4) is 0 Å². The number of hydrogen-bond acceptors (Lipinski definition) is 5. The molecular weight excluding hydrogens is 270 g/mol. The lowest BCUT2D eigenvalue weighted by atomic mass is 9.57. The lowest BCUT2D eigenvalue weighted by Gasteiger charge is -2.54. The van der Waals surface area contributed by atoms with Crippen LogP contribution in [0.15, 0.2) is 16.5 Å². The second-order valence-corrected chi connectivity index (χ2v) is 6.41. The molecule has 3 unspecified atom stereocenters. The number of nitrogens with one attached hydrogen (secondary N) is 1. The van der Waals surface area contributed by atoms with E-state index in [0.29, 0.717) is 31.2 Å². The van der Waals surface area contributed by atoms with Gasteiger partial charge in [-0.2, -0.15) is 0 Å². The van der Waals surface area contributed by atoms with Crippen LogP contribution < -0.4 is 5.32 Å². The van der Waals surface area contributed by atoms with Gasteiger partial charge in [0, 0.05) is 24.0 Å². The third kappa shape index (κ3) is 2.49. The van der Waals surface area contributed by atoms with Gasteiger partial charge in [-0.05, 0) is 25.5 Å². The summed E-state index contributed by atoms with van der Waals surface area (Å²) in [7, 11) is 0. The van der Waals surface area contributed by atoms with E-state index in [2.05, 4.69) is 19.2 Å². The fraction of sp³-hybridized carbons (Fsp3) is 0.688. The third-order valence-electron chi connectivity index (χ3n) is 4.73. The number of ether oxygens (including phenoxy) is 2. The van der Waals surface area contributed by atoms with Crippen LogP contribution in [0.1, 0.15) is 43.5 Å². The Morgan fingerprint density at radius 1 is 1.48 bits per heavy atom. The zero-order chi connectivity index (χ0) is 15.0. The molecule has 0 radical (unpaired) electrons. The zero-order valence-electron chi connectivity index (χ0n) is 12.8. The number of furan rings is 1. The van der Waals surface area contributed by atoms with Gasteiger partial charge in [0.25, 0.3) is 0 Å². The van der Waals surface area contributed by atoms with E-state index in [-0.39, 0.29) is 11.2 Å². The minimum absolute atomic E-state index is 0.151. The van der Waals surface area contributed by atoms with E-state index in [0.717, 1.165) is 18.8 Å². The summed E-state index contributed by atoms with van der Waals surface area (Å²) in [5.41, 5.74) is 0.151. The summed E-state index contributed by atoms with van der Waals surface area (Å²) in [4.78, 5) is 11.6. The molecule has 21 heavy (non-hydrogen) atoms. The maximum Gasteiger partial charge on any atom is 0.374 e. The summed E-state index contributed by atoms with van der Waals surface area (Å²) in [6.45, 7) is 8.10. The topological polar surface area (TPSA) is 60.7 Å². The van der Waals surface area contributed by atoms with Crippen molar-refractivity contribution >= 4 is 5.97 Å². The molecule has 0 bridgehead atoms. The first-order chi connectivity index (χ1) is 10.0. The summed E-state index contributed by atoms with van der Waals surface area (Å²) in [6.07, 6.45) is 1.50. The molecule has 0 amide bonds. The standard InChI is InChI=1S/C16H23NO4/c1-4-19-15(18)12-6-5-10(21-12)9-17-13-11-7-8-20-14(11)16(13,2)3/h5-6,11,13-14,17H,4,7-9H2,1-3H3. The Labute approximate surface area is 125 Å². The maximum atomic E-state index is 11.6. The summed E-state index contributed by atoms with van der Waals surface area (Å²) in [6, 6.07) is 3.93. The highest BCUT2D eigenvalue weighted by molar-refractivity contribution is 5.86. The molecular formula is C16H23NO4. The average Bonchev–Trinajstić information content (AvgIpc) is 3.06. The van der Waals surface area contributed by atoms with Gasteiger partial charge in [-0.15, -0.1) is 0 Å². The van der Waals surface area contributed by atoms with Gasteiger partial charge in [-0.3, -0.25) is 0 Å². The smallest absolute Gasteiger partial charge is 0.374 e. The second kappa shape index (κ2) is 5.46. The van der Waals surface area contributed by atoms with Gasteiger partial charge < -0.3 is 19.2 Å². The molecule has 2 heterocycles.